The minimum Gasteiger partial charge on any atom is -0.355 e. The van der Waals surface area contributed by atoms with Gasteiger partial charge >= 0.3 is 0 Å². The summed E-state index contributed by atoms with van der Waals surface area (Å²) in [7, 11) is 1.80. The zero-order valence-corrected chi connectivity index (χ0v) is 16.8. The van der Waals surface area contributed by atoms with Gasteiger partial charge in [-0.25, -0.2) is 4.98 Å². The van der Waals surface area contributed by atoms with Gasteiger partial charge in [0.25, 0.3) is 0 Å². The molecule has 0 aromatic carbocycles. The first-order valence-electron chi connectivity index (χ1n) is 7.20. The third kappa shape index (κ3) is 7.42. The molecule has 1 heterocycles. The molecule has 0 saturated heterocycles. The lowest BCUT2D eigenvalue weighted by Gasteiger charge is -2.27. The van der Waals surface area contributed by atoms with E-state index in [-0.39, 0.29) is 24.0 Å². The second-order valence-electron chi connectivity index (χ2n) is 4.74. The molecule has 7 heteroatoms. The van der Waals surface area contributed by atoms with Crippen molar-refractivity contribution in [2.24, 2.45) is 4.99 Å². The van der Waals surface area contributed by atoms with Crippen LogP contribution in [0.3, 0.4) is 0 Å². The fourth-order valence-electron chi connectivity index (χ4n) is 2.08. The van der Waals surface area contributed by atoms with E-state index in [0.717, 1.165) is 37.1 Å². The Labute approximate surface area is 149 Å². The van der Waals surface area contributed by atoms with Gasteiger partial charge in [-0.3, -0.25) is 9.89 Å². The Morgan fingerprint density at radius 2 is 2.05 bits per heavy atom. The highest BCUT2D eigenvalue weighted by atomic mass is 127. The molecule has 1 aromatic heterocycles. The number of halogens is 1. The molecule has 2 N–H and O–H groups in total. The van der Waals surface area contributed by atoms with Gasteiger partial charge in [0, 0.05) is 30.7 Å². The quantitative estimate of drug-likeness (QED) is 0.401. The summed E-state index contributed by atoms with van der Waals surface area (Å²) >= 11 is 1.71. The Morgan fingerprint density at radius 3 is 2.52 bits per heavy atom. The Kier molecular flexibility index (Phi) is 11.0. The Balaban J connectivity index is 0.00000400. The lowest BCUT2D eigenvalue weighted by atomic mass is 10.3. The molecule has 0 amide bonds. The van der Waals surface area contributed by atoms with Crippen LogP contribution in [-0.4, -0.2) is 48.6 Å². The number of thiazole rings is 1. The molecular weight excluding hydrogens is 397 g/mol. The Bertz CT molecular complexity index is 417. The monoisotopic (exact) mass is 425 g/mol. The average molecular weight is 425 g/mol. The van der Waals surface area contributed by atoms with Crippen molar-refractivity contribution >= 4 is 41.3 Å². The van der Waals surface area contributed by atoms with Gasteiger partial charge in [-0.1, -0.05) is 13.8 Å². The Morgan fingerprint density at radius 1 is 1.38 bits per heavy atom. The van der Waals surface area contributed by atoms with Crippen LogP contribution in [0, 0.1) is 6.92 Å². The molecule has 0 saturated carbocycles. The van der Waals surface area contributed by atoms with Crippen LogP contribution >= 0.6 is 35.3 Å². The lowest BCUT2D eigenvalue weighted by molar-refractivity contribution is 0.231. The van der Waals surface area contributed by atoms with Crippen molar-refractivity contribution in [3.8, 4) is 0 Å². The molecule has 0 fully saturated rings. The number of rotatable bonds is 7. The minimum atomic E-state index is 0. The molecular formula is C14H28IN5S. The third-order valence-electron chi connectivity index (χ3n) is 3.30. The molecule has 1 unspecified atom stereocenters. The van der Waals surface area contributed by atoms with Gasteiger partial charge in [0.15, 0.2) is 5.96 Å². The van der Waals surface area contributed by atoms with E-state index >= 15 is 0 Å². The van der Waals surface area contributed by atoms with E-state index < -0.39 is 0 Å². The van der Waals surface area contributed by atoms with Crippen LogP contribution in [0.2, 0.25) is 0 Å². The normalized spacial score (nSPS) is 13.0. The van der Waals surface area contributed by atoms with E-state index in [9.17, 15) is 0 Å². The topological polar surface area (TPSA) is 52.5 Å². The summed E-state index contributed by atoms with van der Waals surface area (Å²) in [6.07, 6.45) is 1.90. The van der Waals surface area contributed by atoms with Gasteiger partial charge in [0.05, 0.1) is 6.54 Å². The minimum absolute atomic E-state index is 0. The van der Waals surface area contributed by atoms with E-state index in [1.165, 1.54) is 4.88 Å². The van der Waals surface area contributed by atoms with Crippen LogP contribution in [0.25, 0.3) is 0 Å². The summed E-state index contributed by atoms with van der Waals surface area (Å²) in [5.41, 5.74) is 0. The van der Waals surface area contributed by atoms with Crippen LogP contribution < -0.4 is 10.6 Å². The smallest absolute Gasteiger partial charge is 0.191 e. The standard InChI is InChI=1S/C14H27N5S.HI/c1-6-19(7-2)11(3)8-17-14(15-5)18-10-13-16-9-12(4)20-13;/h9,11H,6-8,10H2,1-5H3,(H2,15,17,18);1H. The third-order valence-corrected chi connectivity index (χ3v) is 4.21. The molecule has 1 aromatic rings. The maximum Gasteiger partial charge on any atom is 0.191 e. The van der Waals surface area contributed by atoms with Crippen molar-refractivity contribution in [1.82, 2.24) is 20.5 Å². The fraction of sp³-hybridized carbons (Fsp3) is 0.714. The van der Waals surface area contributed by atoms with Gasteiger partial charge in [0.2, 0.25) is 0 Å². The lowest BCUT2D eigenvalue weighted by Crippen LogP contribution is -2.45. The second kappa shape index (κ2) is 11.2. The molecule has 1 atom stereocenters. The molecule has 0 aliphatic heterocycles. The first-order chi connectivity index (χ1) is 9.60. The molecule has 0 aliphatic carbocycles. The second-order valence-corrected chi connectivity index (χ2v) is 6.06. The van der Waals surface area contributed by atoms with E-state index in [1.807, 2.05) is 6.20 Å². The van der Waals surface area contributed by atoms with Crippen LogP contribution in [0.4, 0.5) is 0 Å². The van der Waals surface area contributed by atoms with Crippen LogP contribution in [0.1, 0.15) is 30.7 Å². The van der Waals surface area contributed by atoms with Gasteiger partial charge in [-0.2, -0.15) is 0 Å². The molecule has 122 valence electrons. The van der Waals surface area contributed by atoms with E-state index in [0.29, 0.717) is 6.04 Å². The zero-order chi connectivity index (χ0) is 15.0. The molecule has 0 radical (unpaired) electrons. The number of nitrogens with one attached hydrogen (secondary N) is 2. The molecule has 0 aliphatic rings. The summed E-state index contributed by atoms with van der Waals surface area (Å²) in [5, 5.41) is 7.75. The van der Waals surface area contributed by atoms with Crippen molar-refractivity contribution in [3.05, 3.63) is 16.1 Å². The van der Waals surface area contributed by atoms with Crippen LogP contribution in [-0.2, 0) is 6.54 Å². The van der Waals surface area contributed by atoms with E-state index in [1.54, 1.807) is 18.4 Å². The summed E-state index contributed by atoms with van der Waals surface area (Å²) in [4.78, 5) is 12.2. The summed E-state index contributed by atoms with van der Waals surface area (Å²) < 4.78 is 0. The highest BCUT2D eigenvalue weighted by Crippen LogP contribution is 2.10. The molecule has 5 nitrogen and oxygen atoms in total. The number of aromatic nitrogens is 1. The van der Waals surface area contributed by atoms with Gasteiger partial charge in [-0.05, 0) is 26.9 Å². The van der Waals surface area contributed by atoms with E-state index in [2.05, 4.69) is 53.2 Å². The van der Waals surface area contributed by atoms with E-state index in [4.69, 9.17) is 0 Å². The summed E-state index contributed by atoms with van der Waals surface area (Å²) in [6, 6.07) is 0.491. The molecule has 0 bridgehead atoms. The molecule has 1 rings (SSSR count). The van der Waals surface area contributed by atoms with Crippen LogP contribution in [0.5, 0.6) is 0 Å². The van der Waals surface area contributed by atoms with Crippen molar-refractivity contribution < 1.29 is 0 Å². The highest BCUT2D eigenvalue weighted by molar-refractivity contribution is 14.0. The van der Waals surface area contributed by atoms with Crippen molar-refractivity contribution in [2.45, 2.75) is 40.3 Å². The largest absolute Gasteiger partial charge is 0.355 e. The number of likely N-dealkylation sites (N-methyl/N-ethyl adjacent to an activating group) is 1. The molecule has 21 heavy (non-hydrogen) atoms. The average Bonchev–Trinajstić information content (AvgIpc) is 2.86. The van der Waals surface area contributed by atoms with Gasteiger partial charge in [0.1, 0.15) is 5.01 Å². The first kappa shape index (κ1) is 20.6. The first-order valence-corrected chi connectivity index (χ1v) is 8.02. The summed E-state index contributed by atoms with van der Waals surface area (Å²) in [5.74, 6) is 0.830. The maximum atomic E-state index is 4.34. The number of hydrogen-bond donors (Lipinski definition) is 2. The van der Waals surface area contributed by atoms with Gasteiger partial charge in [-0.15, -0.1) is 35.3 Å². The molecule has 0 spiro atoms. The highest BCUT2D eigenvalue weighted by Gasteiger charge is 2.10. The maximum absolute atomic E-state index is 4.34. The Hall–Kier alpha value is -0.410. The van der Waals surface area contributed by atoms with Crippen molar-refractivity contribution in [3.63, 3.8) is 0 Å². The number of hydrogen-bond acceptors (Lipinski definition) is 4. The SMILES string of the molecule is CCN(CC)C(C)CNC(=NC)NCc1ncc(C)s1.I. The fourth-order valence-corrected chi connectivity index (χ4v) is 2.81. The number of aliphatic imine (C=N–C) groups is 1. The van der Waals surface area contributed by atoms with Crippen molar-refractivity contribution in [2.75, 3.05) is 26.7 Å². The number of guanidine groups is 1. The predicted octanol–water partition coefficient (Wildman–Crippen LogP) is 2.46. The summed E-state index contributed by atoms with van der Waals surface area (Å²) in [6.45, 7) is 12.4. The van der Waals surface area contributed by atoms with Crippen LogP contribution in [0.15, 0.2) is 11.2 Å². The van der Waals surface area contributed by atoms with Gasteiger partial charge < -0.3 is 10.6 Å². The number of nitrogens with zero attached hydrogens (tertiary/aromatic N) is 3. The predicted molar refractivity (Wildman–Crippen MR) is 103 cm³/mol. The zero-order valence-electron chi connectivity index (χ0n) is 13.6. The number of aryl methyl sites for hydroxylation is 1. The van der Waals surface area contributed by atoms with Crippen molar-refractivity contribution in [1.29, 1.82) is 0 Å².